The number of carbonyl (C=O) groups is 1. The van der Waals surface area contributed by atoms with E-state index in [-0.39, 0.29) is 17.4 Å². The zero-order chi connectivity index (χ0) is 13.2. The Morgan fingerprint density at radius 3 is 2.67 bits per heavy atom. The fraction of sp³-hybridized carbons (Fsp3) is 0.500. The molecule has 4 heteroatoms. The second kappa shape index (κ2) is 5.29. The summed E-state index contributed by atoms with van der Waals surface area (Å²) in [7, 11) is 0. The molecule has 1 fully saturated rings. The molecule has 0 spiro atoms. The number of amides is 1. The van der Waals surface area contributed by atoms with Crippen LogP contribution in [0.15, 0.2) is 24.3 Å². The van der Waals surface area contributed by atoms with Crippen LogP contribution in [0.3, 0.4) is 0 Å². The van der Waals surface area contributed by atoms with Crippen LogP contribution in [0.1, 0.15) is 31.9 Å². The Hall–Kier alpha value is -1.06. The van der Waals surface area contributed by atoms with Gasteiger partial charge in [0, 0.05) is 11.6 Å². The van der Waals surface area contributed by atoms with Crippen molar-refractivity contribution in [1.29, 1.82) is 0 Å². The third kappa shape index (κ3) is 2.85. The molecule has 0 radical (unpaired) electrons. The molecule has 2 N–H and O–H groups in total. The van der Waals surface area contributed by atoms with Gasteiger partial charge in [-0.15, -0.1) is 0 Å². The monoisotopic (exact) mass is 266 g/mol. The van der Waals surface area contributed by atoms with E-state index in [1.54, 1.807) is 0 Å². The highest BCUT2D eigenvalue weighted by Crippen LogP contribution is 2.26. The number of nitrogens with one attached hydrogen (secondary N) is 2. The summed E-state index contributed by atoms with van der Waals surface area (Å²) in [5.74, 6) is 0.120. The van der Waals surface area contributed by atoms with Crippen LogP contribution in [-0.2, 0) is 4.79 Å². The number of rotatable bonds is 3. The molecule has 2 atom stereocenters. The van der Waals surface area contributed by atoms with E-state index < -0.39 is 0 Å². The lowest BCUT2D eigenvalue weighted by molar-refractivity contribution is -0.129. The van der Waals surface area contributed by atoms with Gasteiger partial charge in [-0.2, -0.15) is 0 Å². The molecule has 1 aromatic carbocycles. The second-order valence-electron chi connectivity index (χ2n) is 5.23. The standard InChI is InChI=1S/C14H19ClN2O/c1-10(11-3-5-12(15)6-4-11)17-13(18)14(2)7-8-16-9-14/h3-6,10,16H,7-9H2,1-2H3,(H,17,18). The minimum absolute atomic E-state index is 0.00666. The highest BCUT2D eigenvalue weighted by molar-refractivity contribution is 6.30. The van der Waals surface area contributed by atoms with Crippen molar-refractivity contribution in [2.45, 2.75) is 26.3 Å². The summed E-state index contributed by atoms with van der Waals surface area (Å²) in [5, 5.41) is 7.02. The predicted octanol–water partition coefficient (Wildman–Crippen LogP) is 2.52. The lowest BCUT2D eigenvalue weighted by Gasteiger charge is -2.24. The summed E-state index contributed by atoms with van der Waals surface area (Å²) in [6.07, 6.45) is 0.895. The first kappa shape index (κ1) is 13.4. The molecule has 18 heavy (non-hydrogen) atoms. The van der Waals surface area contributed by atoms with Crippen molar-refractivity contribution < 1.29 is 4.79 Å². The van der Waals surface area contributed by atoms with Crippen LogP contribution < -0.4 is 10.6 Å². The Bertz CT molecular complexity index is 424. The van der Waals surface area contributed by atoms with Crippen LogP contribution in [0.25, 0.3) is 0 Å². The molecule has 1 amide bonds. The maximum absolute atomic E-state index is 12.2. The molecule has 0 aromatic heterocycles. The van der Waals surface area contributed by atoms with Crippen LogP contribution in [0.2, 0.25) is 5.02 Å². The Labute approximate surface area is 113 Å². The van der Waals surface area contributed by atoms with Gasteiger partial charge in [0.1, 0.15) is 0 Å². The number of benzene rings is 1. The molecule has 1 aliphatic heterocycles. The SMILES string of the molecule is CC(NC(=O)C1(C)CCNC1)c1ccc(Cl)cc1. The number of carbonyl (C=O) groups excluding carboxylic acids is 1. The Morgan fingerprint density at radius 2 is 2.11 bits per heavy atom. The smallest absolute Gasteiger partial charge is 0.227 e. The van der Waals surface area contributed by atoms with Gasteiger partial charge in [0.2, 0.25) is 5.91 Å². The molecule has 98 valence electrons. The van der Waals surface area contributed by atoms with E-state index in [0.29, 0.717) is 5.02 Å². The fourth-order valence-electron chi connectivity index (χ4n) is 2.22. The molecule has 1 aliphatic rings. The Balaban J connectivity index is 2.00. The van der Waals surface area contributed by atoms with E-state index in [2.05, 4.69) is 10.6 Å². The quantitative estimate of drug-likeness (QED) is 0.883. The second-order valence-corrected chi connectivity index (χ2v) is 5.67. The summed E-state index contributed by atoms with van der Waals surface area (Å²) in [6, 6.07) is 7.59. The number of hydrogen-bond donors (Lipinski definition) is 2. The van der Waals surface area contributed by atoms with E-state index in [1.165, 1.54) is 0 Å². The van der Waals surface area contributed by atoms with Gasteiger partial charge in [-0.1, -0.05) is 23.7 Å². The van der Waals surface area contributed by atoms with Crippen molar-refractivity contribution in [1.82, 2.24) is 10.6 Å². The average Bonchev–Trinajstić information content (AvgIpc) is 2.78. The Morgan fingerprint density at radius 1 is 1.44 bits per heavy atom. The molecule has 1 aromatic rings. The molecular formula is C14H19ClN2O. The van der Waals surface area contributed by atoms with Crippen LogP contribution in [-0.4, -0.2) is 19.0 Å². The summed E-state index contributed by atoms with van der Waals surface area (Å²) in [4.78, 5) is 12.2. The maximum atomic E-state index is 12.2. The van der Waals surface area contributed by atoms with Crippen molar-refractivity contribution in [3.8, 4) is 0 Å². The van der Waals surface area contributed by atoms with Gasteiger partial charge >= 0.3 is 0 Å². The van der Waals surface area contributed by atoms with Gasteiger partial charge in [-0.05, 0) is 44.5 Å². The summed E-state index contributed by atoms with van der Waals surface area (Å²) in [6.45, 7) is 5.68. The fourth-order valence-corrected chi connectivity index (χ4v) is 2.34. The molecule has 1 heterocycles. The van der Waals surface area contributed by atoms with Crippen molar-refractivity contribution in [2.75, 3.05) is 13.1 Å². The molecule has 2 unspecified atom stereocenters. The minimum Gasteiger partial charge on any atom is -0.349 e. The van der Waals surface area contributed by atoms with Crippen molar-refractivity contribution in [3.63, 3.8) is 0 Å². The molecule has 2 rings (SSSR count). The summed E-state index contributed by atoms with van der Waals surface area (Å²) in [5.41, 5.74) is 0.794. The highest BCUT2D eigenvalue weighted by Gasteiger charge is 2.36. The van der Waals surface area contributed by atoms with Gasteiger partial charge < -0.3 is 10.6 Å². The van der Waals surface area contributed by atoms with E-state index in [1.807, 2.05) is 38.1 Å². The molecule has 0 aliphatic carbocycles. The van der Waals surface area contributed by atoms with Crippen LogP contribution in [0, 0.1) is 5.41 Å². The average molecular weight is 267 g/mol. The normalized spacial score (nSPS) is 24.8. The van der Waals surface area contributed by atoms with Gasteiger partial charge in [-0.25, -0.2) is 0 Å². The van der Waals surface area contributed by atoms with Gasteiger partial charge in [0.25, 0.3) is 0 Å². The van der Waals surface area contributed by atoms with E-state index in [9.17, 15) is 4.79 Å². The van der Waals surface area contributed by atoms with E-state index in [4.69, 9.17) is 11.6 Å². The van der Waals surface area contributed by atoms with Crippen LogP contribution in [0.4, 0.5) is 0 Å². The van der Waals surface area contributed by atoms with Crippen molar-refractivity contribution in [3.05, 3.63) is 34.9 Å². The molecule has 1 saturated heterocycles. The largest absolute Gasteiger partial charge is 0.349 e. The van der Waals surface area contributed by atoms with Gasteiger partial charge in [-0.3, -0.25) is 4.79 Å². The van der Waals surface area contributed by atoms with E-state index in [0.717, 1.165) is 25.1 Å². The zero-order valence-electron chi connectivity index (χ0n) is 10.8. The van der Waals surface area contributed by atoms with Gasteiger partial charge in [0.05, 0.1) is 11.5 Å². The first-order valence-corrected chi connectivity index (χ1v) is 6.66. The summed E-state index contributed by atoms with van der Waals surface area (Å²) < 4.78 is 0. The first-order chi connectivity index (χ1) is 8.51. The third-order valence-electron chi connectivity index (χ3n) is 3.63. The number of halogens is 1. The van der Waals surface area contributed by atoms with Crippen LogP contribution in [0.5, 0.6) is 0 Å². The number of hydrogen-bond acceptors (Lipinski definition) is 2. The van der Waals surface area contributed by atoms with Crippen LogP contribution >= 0.6 is 11.6 Å². The Kier molecular flexibility index (Phi) is 3.93. The van der Waals surface area contributed by atoms with E-state index >= 15 is 0 Å². The zero-order valence-corrected chi connectivity index (χ0v) is 11.6. The minimum atomic E-state index is -0.277. The van der Waals surface area contributed by atoms with Gasteiger partial charge in [0.15, 0.2) is 0 Å². The first-order valence-electron chi connectivity index (χ1n) is 6.28. The predicted molar refractivity (Wildman–Crippen MR) is 73.6 cm³/mol. The molecule has 0 bridgehead atoms. The molecular weight excluding hydrogens is 248 g/mol. The topological polar surface area (TPSA) is 41.1 Å². The molecule has 3 nitrogen and oxygen atoms in total. The lowest BCUT2D eigenvalue weighted by Crippen LogP contribution is -2.41. The van der Waals surface area contributed by atoms with Crippen molar-refractivity contribution in [2.24, 2.45) is 5.41 Å². The summed E-state index contributed by atoms with van der Waals surface area (Å²) >= 11 is 5.85. The third-order valence-corrected chi connectivity index (χ3v) is 3.89. The maximum Gasteiger partial charge on any atom is 0.227 e. The van der Waals surface area contributed by atoms with Crippen molar-refractivity contribution >= 4 is 17.5 Å². The molecule has 0 saturated carbocycles. The highest BCUT2D eigenvalue weighted by atomic mass is 35.5. The lowest BCUT2D eigenvalue weighted by atomic mass is 9.88.